The minimum atomic E-state index is -5.53. The van der Waals surface area contributed by atoms with Gasteiger partial charge < -0.3 is 75.6 Å². The molecule has 3 heterocycles. The summed E-state index contributed by atoms with van der Waals surface area (Å²) in [6.45, 7) is 19.5. The Bertz CT molecular complexity index is 3720. The van der Waals surface area contributed by atoms with Crippen molar-refractivity contribution < 1.29 is 120 Å². The first-order valence-electron chi connectivity index (χ1n) is 33.6. The van der Waals surface area contributed by atoms with E-state index in [1.807, 2.05) is 34.6 Å². The Morgan fingerprint density at radius 1 is 0.576 bits per heavy atom. The van der Waals surface area contributed by atoms with Crippen molar-refractivity contribution in [1.82, 2.24) is 9.80 Å². The number of methoxy groups -OCH3 is 1. The topological polar surface area (TPSA) is 357 Å². The number of rotatable bonds is 49. The molecule has 31 heteroatoms. The Labute approximate surface area is 580 Å². The number of amides is 3. The molecule has 3 amide bonds. The van der Waals surface area contributed by atoms with Crippen LogP contribution in [0.25, 0.3) is 5.57 Å². The summed E-state index contributed by atoms with van der Waals surface area (Å²) in [5, 5.41) is -0.178. The highest BCUT2D eigenvalue weighted by Gasteiger charge is 2.46. The molecule has 4 aliphatic rings. The molecule has 0 aromatic heterocycles. The monoisotopic (exact) mass is 1450 g/mol. The smallest absolute Gasteiger partial charge is 0.254 e. The fourth-order valence-electron chi connectivity index (χ4n) is 11.9. The number of hydrogen-bond acceptors (Lipinski definition) is 25. The van der Waals surface area contributed by atoms with Gasteiger partial charge in [0.05, 0.1) is 169 Å². The summed E-state index contributed by atoms with van der Waals surface area (Å²) in [5.74, 6) is -3.23. The number of hydrogen-bond donors (Lipinski definition) is 1. The molecule has 7 rings (SSSR count). The molecule has 554 valence electrons. The third-order valence-electron chi connectivity index (χ3n) is 18.1. The van der Waals surface area contributed by atoms with E-state index in [0.29, 0.717) is 149 Å². The second kappa shape index (κ2) is 38.3. The van der Waals surface area contributed by atoms with Gasteiger partial charge in [0, 0.05) is 73.2 Å². The highest BCUT2D eigenvalue weighted by Crippen LogP contribution is 2.53. The predicted molar refractivity (Wildman–Crippen MR) is 354 cm³/mol. The van der Waals surface area contributed by atoms with Gasteiger partial charge in [-0.1, -0.05) is 27.2 Å². The van der Waals surface area contributed by atoms with Crippen LogP contribution in [-0.4, -0.2) is 259 Å². The van der Waals surface area contributed by atoms with Crippen LogP contribution in [0.15, 0.2) is 45.0 Å². The van der Waals surface area contributed by atoms with Crippen molar-refractivity contribution >= 4 is 59.2 Å². The Morgan fingerprint density at radius 3 is 1.49 bits per heavy atom. The minimum absolute atomic E-state index is 0.0279. The van der Waals surface area contributed by atoms with Gasteiger partial charge in [-0.05, 0) is 98.4 Å². The summed E-state index contributed by atoms with van der Waals surface area (Å²) in [6, 6.07) is 6.53. The lowest BCUT2D eigenvalue weighted by molar-refractivity contribution is -0.539. The normalized spacial score (nSPS) is 17.0. The first-order valence-corrected chi connectivity index (χ1v) is 38.3. The number of sulfone groups is 1. The molecular formula is C68H98N3O25S3-. The molecule has 1 aliphatic carbocycles. The molecule has 0 spiro atoms. The number of ether oxygens (including phenoxy) is 13. The molecule has 0 bridgehead atoms. The number of carbonyl (C=O) groups excluding carboxylic acids is 4. The number of unbranched alkanes of at least 4 members (excludes halogenated alkanes) is 2. The average Bonchev–Trinajstić information content (AvgIpc) is 1.69. The molecule has 2 unspecified atom stereocenters. The first-order chi connectivity index (χ1) is 47.1. The van der Waals surface area contributed by atoms with E-state index in [9.17, 15) is 48.7 Å². The van der Waals surface area contributed by atoms with E-state index >= 15 is 4.79 Å². The van der Waals surface area contributed by atoms with Crippen molar-refractivity contribution in [1.29, 1.82) is 0 Å². The van der Waals surface area contributed by atoms with Gasteiger partial charge in [0.1, 0.15) is 25.1 Å². The number of likely N-dealkylation sites (tertiary alicyclic amines) is 1. The van der Waals surface area contributed by atoms with E-state index in [4.69, 9.17) is 61.6 Å². The number of ketones is 1. The van der Waals surface area contributed by atoms with Gasteiger partial charge in [-0.2, -0.15) is 0 Å². The molecular weight excluding hydrogens is 1350 g/mol. The van der Waals surface area contributed by atoms with Crippen molar-refractivity contribution in [2.24, 2.45) is 5.92 Å². The number of fused-ring (bicyclic) bond motifs is 4. The van der Waals surface area contributed by atoms with Gasteiger partial charge >= 0.3 is 0 Å². The van der Waals surface area contributed by atoms with Crippen molar-refractivity contribution in [3.63, 3.8) is 0 Å². The molecule has 3 aliphatic heterocycles. The summed E-state index contributed by atoms with van der Waals surface area (Å²) in [7, 11) is -13.5. The molecule has 99 heavy (non-hydrogen) atoms. The largest absolute Gasteiger partial charge is 0.744 e. The number of carbonyl (C=O) groups is 4. The molecule has 2 atom stereocenters. The maximum Gasteiger partial charge on any atom is 0.254 e. The lowest BCUT2D eigenvalue weighted by Crippen LogP contribution is -2.81. The van der Waals surface area contributed by atoms with Gasteiger partial charge in [0.2, 0.25) is 17.2 Å². The quantitative estimate of drug-likeness (QED) is 0.0373. The standard InChI is InChI=1S/C68H99N3O25S3/c1-47-42-53-56(67(47,3)4)44-54-60(55-45-57-61(69-48(2)68(57,5)6)65(99(81,82)83)63(55)96-62(54)64(53)98(78,79)80)52-43-50(97(8,76)77)13-14-51(52)66(75)70(17-11-9-10-12-49(72)46-71-58(73)15-16-59(71)74)18-19-85-22-23-87-26-27-89-30-31-91-34-35-93-38-39-95-41-40-94-37-36-92-33-32-90-29-28-88-25-24-86-21-20-84-7/h13-14,43-45,47-48H,9-12,15-42,46H2,1-8H3,(H,78,79,80)(H,81,82,83)/p-1. The van der Waals surface area contributed by atoms with Crippen LogP contribution in [0.3, 0.4) is 0 Å². The Morgan fingerprint density at radius 2 is 1.04 bits per heavy atom. The van der Waals surface area contributed by atoms with E-state index in [1.54, 1.807) is 26.2 Å². The third-order valence-corrected chi connectivity index (χ3v) is 21.1. The molecule has 3 aromatic carbocycles. The Balaban J connectivity index is 0.948. The highest BCUT2D eigenvalue weighted by molar-refractivity contribution is 7.90. The lowest BCUT2D eigenvalue weighted by Gasteiger charge is -2.31. The number of Topliss-reactive ketones (excluding diaryl/α,β-unsaturated/α-hetero) is 1. The van der Waals surface area contributed by atoms with E-state index in [1.165, 1.54) is 23.1 Å². The SMILES string of the molecule is COCCOCCOCCOCCOCCOCCOCCOCCOCCOCCOCCOCCN(CCCCCC(=O)CN1C(=O)CCC1=O)C(=O)c1ccc(S(C)(=O)=O)cc1C1=c2cc3c(c(S(=O)(=O)[O-])c2Oc2c1cc1c(c2S(=O)(=O)[O-])CC(C)C1(C)C)=[NH+]C(C)C3(C)C. The van der Waals surface area contributed by atoms with Crippen LogP contribution in [0.4, 0.5) is 0 Å². The van der Waals surface area contributed by atoms with Crippen LogP contribution in [0.2, 0.25) is 0 Å². The fraction of sp³-hybridized carbons (Fsp3) is 0.662. The van der Waals surface area contributed by atoms with Gasteiger partial charge in [-0.25, -0.2) is 30.2 Å². The van der Waals surface area contributed by atoms with Crippen molar-refractivity contribution in [3.8, 4) is 11.5 Å². The molecule has 1 N–H and O–H groups in total. The van der Waals surface area contributed by atoms with Crippen molar-refractivity contribution in [3.05, 3.63) is 74.3 Å². The van der Waals surface area contributed by atoms with Gasteiger partial charge in [-0.15, -0.1) is 0 Å². The van der Waals surface area contributed by atoms with Crippen LogP contribution < -0.4 is 20.3 Å². The predicted octanol–water partition coefficient (Wildman–Crippen LogP) is 1.65. The number of nitrogens with one attached hydrogen (secondary N) is 1. The highest BCUT2D eigenvalue weighted by atomic mass is 32.2. The minimum Gasteiger partial charge on any atom is -0.744 e. The summed E-state index contributed by atoms with van der Waals surface area (Å²) in [5.41, 5.74) is -1.07. The Kier molecular flexibility index (Phi) is 31.3. The van der Waals surface area contributed by atoms with Gasteiger partial charge in [0.25, 0.3) is 5.91 Å². The van der Waals surface area contributed by atoms with E-state index in [-0.39, 0.29) is 133 Å². The Hall–Kier alpha value is -5.30. The van der Waals surface area contributed by atoms with Crippen LogP contribution in [0, 0.1) is 5.92 Å². The van der Waals surface area contributed by atoms with Crippen molar-refractivity contribution in [2.75, 3.05) is 185 Å². The first kappa shape index (κ1) is 81.0. The molecule has 3 aromatic rings. The molecule has 0 saturated carbocycles. The number of imide groups is 1. The lowest BCUT2D eigenvalue weighted by atomic mass is 9.77. The van der Waals surface area contributed by atoms with Gasteiger partial charge in [-0.3, -0.25) is 24.1 Å². The van der Waals surface area contributed by atoms with Crippen LogP contribution in [0.1, 0.15) is 118 Å². The fourth-order valence-corrected chi connectivity index (χ4v) is 14.2. The zero-order valence-corrected chi connectivity index (χ0v) is 60.7. The van der Waals surface area contributed by atoms with Crippen LogP contribution >= 0.6 is 0 Å². The van der Waals surface area contributed by atoms with Crippen LogP contribution in [0.5, 0.6) is 11.5 Å². The zero-order chi connectivity index (χ0) is 72.0. The molecule has 28 nitrogen and oxygen atoms in total. The molecule has 1 saturated heterocycles. The summed E-state index contributed by atoms with van der Waals surface area (Å²) >= 11 is 0. The average molecular weight is 1450 g/mol. The number of benzene rings is 3. The second-order valence-corrected chi connectivity index (χ2v) is 30.3. The molecule has 1 fully saturated rings. The summed E-state index contributed by atoms with van der Waals surface area (Å²) in [4.78, 5) is 56.7. The maximum absolute atomic E-state index is 15.6. The zero-order valence-electron chi connectivity index (χ0n) is 58.2. The number of nitrogens with zero attached hydrogens (tertiary/aromatic N) is 2. The van der Waals surface area contributed by atoms with Crippen LogP contribution in [-0.2, 0) is 119 Å². The van der Waals surface area contributed by atoms with E-state index < -0.39 is 86.0 Å². The van der Waals surface area contributed by atoms with Crippen molar-refractivity contribution in [2.45, 2.75) is 118 Å². The summed E-state index contributed by atoms with van der Waals surface area (Å²) < 4.78 is 182. The maximum atomic E-state index is 15.6. The molecule has 0 radical (unpaired) electrons. The summed E-state index contributed by atoms with van der Waals surface area (Å²) in [6.07, 6.45) is 2.29. The van der Waals surface area contributed by atoms with E-state index in [0.717, 1.165) is 11.2 Å². The van der Waals surface area contributed by atoms with Gasteiger partial charge in [0.15, 0.2) is 38.1 Å². The second-order valence-electron chi connectivity index (χ2n) is 25.6. The van der Waals surface area contributed by atoms with E-state index in [2.05, 4.69) is 4.99 Å². The third kappa shape index (κ3) is 22.6.